The van der Waals surface area contributed by atoms with E-state index in [2.05, 4.69) is 13.8 Å². The Kier molecular flexibility index (Phi) is 1.54. The molecule has 11 heavy (non-hydrogen) atoms. The number of hydrogen-bond acceptors (Lipinski definition) is 1. The highest BCUT2D eigenvalue weighted by molar-refractivity contribution is 5.03. The van der Waals surface area contributed by atoms with Gasteiger partial charge in [-0.3, -0.25) is 0 Å². The molecule has 0 aromatic heterocycles. The topological polar surface area (TPSA) is 26.0 Å². The average Bonchev–Trinajstić information content (AvgIpc) is 2.04. The minimum atomic E-state index is 0.627. The number of nitrogens with two attached hydrogens (primary N) is 1. The molecule has 1 unspecified atom stereocenters. The lowest BCUT2D eigenvalue weighted by atomic mass is 9.45. The third kappa shape index (κ3) is 0.868. The van der Waals surface area contributed by atoms with Crippen LogP contribution in [0.4, 0.5) is 0 Å². The molecule has 0 aliphatic heterocycles. The van der Waals surface area contributed by atoms with E-state index in [4.69, 9.17) is 5.73 Å². The van der Waals surface area contributed by atoms with Crippen molar-refractivity contribution in [2.24, 2.45) is 28.9 Å². The molecule has 3 rings (SSSR count). The Morgan fingerprint density at radius 2 is 2.09 bits per heavy atom. The van der Waals surface area contributed by atoms with Gasteiger partial charge in [-0.15, -0.1) is 0 Å². The Bertz CT molecular complexity index is 160. The van der Waals surface area contributed by atoms with E-state index in [1.165, 1.54) is 19.3 Å². The first kappa shape index (κ1) is 7.60. The molecule has 0 radical (unpaired) electrons. The van der Waals surface area contributed by atoms with E-state index >= 15 is 0 Å². The van der Waals surface area contributed by atoms with Gasteiger partial charge in [-0.1, -0.05) is 13.8 Å². The number of hydrogen-bond donors (Lipinski definition) is 1. The first-order valence-electron chi connectivity index (χ1n) is 4.86. The third-order valence-corrected chi connectivity index (χ3v) is 4.30. The van der Waals surface area contributed by atoms with Crippen molar-refractivity contribution in [3.63, 3.8) is 0 Å². The van der Waals surface area contributed by atoms with Crippen LogP contribution in [-0.4, -0.2) is 6.54 Å². The first-order chi connectivity index (χ1) is 5.16. The van der Waals surface area contributed by atoms with Crippen LogP contribution in [0, 0.1) is 23.2 Å². The lowest BCUT2D eigenvalue weighted by molar-refractivity contribution is -0.101. The molecule has 3 aliphatic carbocycles. The molecule has 0 aromatic carbocycles. The minimum Gasteiger partial charge on any atom is -0.330 e. The summed E-state index contributed by atoms with van der Waals surface area (Å²) in [5.74, 6) is 2.82. The van der Waals surface area contributed by atoms with E-state index in [9.17, 15) is 0 Å². The second kappa shape index (κ2) is 2.22. The smallest absolute Gasteiger partial charge is 0.00460 e. The van der Waals surface area contributed by atoms with Gasteiger partial charge in [-0.25, -0.2) is 0 Å². The maximum Gasteiger partial charge on any atom is -0.00460 e. The fraction of sp³-hybridized carbons (Fsp3) is 1.00. The Balaban J connectivity index is 2.10. The van der Waals surface area contributed by atoms with Gasteiger partial charge in [0.25, 0.3) is 0 Å². The fourth-order valence-corrected chi connectivity index (χ4v) is 3.24. The molecule has 0 saturated heterocycles. The van der Waals surface area contributed by atoms with Gasteiger partial charge in [0.15, 0.2) is 0 Å². The zero-order chi connectivity index (χ0) is 8.06. The molecular weight excluding hydrogens is 134 g/mol. The largest absolute Gasteiger partial charge is 0.330 e. The molecule has 3 atom stereocenters. The van der Waals surface area contributed by atoms with Gasteiger partial charge in [0.2, 0.25) is 0 Å². The predicted octanol–water partition coefficient (Wildman–Crippen LogP) is 2.02. The highest BCUT2D eigenvalue weighted by atomic mass is 14.6. The molecule has 1 heteroatoms. The van der Waals surface area contributed by atoms with E-state index in [0.29, 0.717) is 5.41 Å². The summed E-state index contributed by atoms with van der Waals surface area (Å²) in [7, 11) is 0. The third-order valence-electron chi connectivity index (χ3n) is 4.30. The van der Waals surface area contributed by atoms with E-state index in [-0.39, 0.29) is 0 Å². The lowest BCUT2D eigenvalue weighted by Crippen LogP contribution is -2.53. The molecular formula is C10H19N. The lowest BCUT2D eigenvalue weighted by Gasteiger charge is -2.60. The summed E-state index contributed by atoms with van der Waals surface area (Å²) in [4.78, 5) is 0. The minimum absolute atomic E-state index is 0.627. The molecule has 1 nitrogen and oxygen atoms in total. The fourth-order valence-electron chi connectivity index (χ4n) is 3.24. The van der Waals surface area contributed by atoms with Crippen LogP contribution in [0.3, 0.4) is 0 Å². The molecule has 0 amide bonds. The van der Waals surface area contributed by atoms with Gasteiger partial charge < -0.3 is 5.73 Å². The second-order valence-electron chi connectivity index (χ2n) is 4.93. The number of fused-ring (bicyclic) bond motifs is 2. The predicted molar refractivity (Wildman–Crippen MR) is 47.2 cm³/mol. The quantitative estimate of drug-likeness (QED) is 0.612. The van der Waals surface area contributed by atoms with Crippen LogP contribution in [0.1, 0.15) is 33.1 Å². The van der Waals surface area contributed by atoms with Crippen molar-refractivity contribution in [3.05, 3.63) is 0 Å². The molecule has 64 valence electrons. The van der Waals surface area contributed by atoms with Crippen molar-refractivity contribution in [2.45, 2.75) is 33.1 Å². The summed E-state index contributed by atoms with van der Waals surface area (Å²) in [6, 6.07) is 0. The van der Waals surface area contributed by atoms with Crippen molar-refractivity contribution in [1.29, 1.82) is 0 Å². The summed E-state index contributed by atoms with van der Waals surface area (Å²) in [5.41, 5.74) is 6.37. The molecule has 0 aromatic rings. The number of rotatable bonds is 1. The molecule has 3 aliphatic rings. The maximum absolute atomic E-state index is 5.74. The van der Waals surface area contributed by atoms with Crippen molar-refractivity contribution >= 4 is 0 Å². The zero-order valence-corrected chi connectivity index (χ0v) is 7.64. The van der Waals surface area contributed by atoms with Gasteiger partial charge in [0.1, 0.15) is 0 Å². The van der Waals surface area contributed by atoms with E-state index in [1.807, 2.05) is 0 Å². The van der Waals surface area contributed by atoms with E-state index < -0.39 is 0 Å². The summed E-state index contributed by atoms with van der Waals surface area (Å²) < 4.78 is 0. The molecule has 2 N–H and O–H groups in total. The van der Waals surface area contributed by atoms with Gasteiger partial charge >= 0.3 is 0 Å². The average molecular weight is 153 g/mol. The molecule has 3 saturated carbocycles. The normalized spacial score (nSPS) is 46.6. The van der Waals surface area contributed by atoms with Crippen LogP contribution < -0.4 is 5.73 Å². The first-order valence-corrected chi connectivity index (χ1v) is 4.86. The molecule has 0 heterocycles. The summed E-state index contributed by atoms with van der Waals surface area (Å²) >= 11 is 0. The molecule has 0 spiro atoms. The van der Waals surface area contributed by atoms with Gasteiger partial charge in [0.05, 0.1) is 0 Å². The molecule has 2 bridgehead atoms. The maximum atomic E-state index is 5.74. The highest BCUT2D eigenvalue weighted by Gasteiger charge is 2.53. The summed E-state index contributed by atoms with van der Waals surface area (Å²) in [6.45, 7) is 5.77. The highest BCUT2D eigenvalue weighted by Crippen LogP contribution is 2.60. The van der Waals surface area contributed by atoms with Gasteiger partial charge in [0, 0.05) is 0 Å². The van der Waals surface area contributed by atoms with E-state index in [1.54, 1.807) is 0 Å². The molecule has 3 fully saturated rings. The Labute approximate surface area is 69.4 Å². The van der Waals surface area contributed by atoms with E-state index in [0.717, 1.165) is 24.3 Å². The van der Waals surface area contributed by atoms with Crippen LogP contribution in [0.25, 0.3) is 0 Å². The van der Waals surface area contributed by atoms with Crippen LogP contribution in [0.2, 0.25) is 0 Å². The SMILES string of the molecule is CC1(C)[C@H]2CCC(CN)[C@H]1C2. The Morgan fingerprint density at radius 3 is 2.45 bits per heavy atom. The van der Waals surface area contributed by atoms with Crippen molar-refractivity contribution in [1.82, 2.24) is 0 Å². The van der Waals surface area contributed by atoms with Crippen LogP contribution in [0.15, 0.2) is 0 Å². The van der Waals surface area contributed by atoms with Crippen molar-refractivity contribution < 1.29 is 0 Å². The van der Waals surface area contributed by atoms with Crippen LogP contribution >= 0.6 is 0 Å². The van der Waals surface area contributed by atoms with Gasteiger partial charge in [-0.05, 0) is 49.0 Å². The van der Waals surface area contributed by atoms with Crippen molar-refractivity contribution in [3.8, 4) is 0 Å². The monoisotopic (exact) mass is 153 g/mol. The summed E-state index contributed by atoms with van der Waals surface area (Å²) in [6.07, 6.45) is 4.30. The standard InChI is InChI=1S/C10H19N/c1-10(2)8-4-3-7(6-11)9(10)5-8/h7-9H,3-6,11H2,1-2H3/t7?,8-,9+/m0/s1. The Morgan fingerprint density at radius 1 is 1.36 bits per heavy atom. The second-order valence-corrected chi connectivity index (χ2v) is 4.93. The van der Waals surface area contributed by atoms with Crippen molar-refractivity contribution in [2.75, 3.05) is 6.54 Å². The van der Waals surface area contributed by atoms with Crippen LogP contribution in [-0.2, 0) is 0 Å². The van der Waals surface area contributed by atoms with Crippen LogP contribution in [0.5, 0.6) is 0 Å². The van der Waals surface area contributed by atoms with Gasteiger partial charge in [-0.2, -0.15) is 0 Å². The zero-order valence-electron chi connectivity index (χ0n) is 7.64. The Hall–Kier alpha value is -0.0400. The summed E-state index contributed by atoms with van der Waals surface area (Å²) in [5, 5.41) is 0.